The number of aromatic carboxylic acids is 2. The lowest BCUT2D eigenvalue weighted by Crippen LogP contribution is -2.07. The summed E-state index contributed by atoms with van der Waals surface area (Å²) in [6.07, 6.45) is 0.124. The lowest BCUT2D eigenvalue weighted by atomic mass is 9.96. The van der Waals surface area contributed by atoms with Crippen molar-refractivity contribution < 1.29 is 24.9 Å². The molecule has 0 spiro atoms. The highest BCUT2D eigenvalue weighted by Crippen LogP contribution is 2.24. The Balaban J connectivity index is 2.49. The predicted octanol–water partition coefficient (Wildman–Crippen LogP) is 2.38. The molecular formula is C15H12O5. The smallest absolute Gasteiger partial charge is 0.339 e. The molecule has 3 N–H and O–H groups in total. The van der Waals surface area contributed by atoms with Crippen LogP contribution < -0.4 is 0 Å². The molecule has 0 aromatic heterocycles. The second-order valence-electron chi connectivity index (χ2n) is 4.26. The molecule has 0 saturated carbocycles. The Labute approximate surface area is 114 Å². The van der Waals surface area contributed by atoms with Gasteiger partial charge in [-0.25, -0.2) is 9.59 Å². The Hall–Kier alpha value is -2.82. The number of carbonyl (C=O) groups is 2. The summed E-state index contributed by atoms with van der Waals surface area (Å²) in [6, 6.07) is 10.7. The van der Waals surface area contributed by atoms with E-state index in [1.807, 2.05) is 0 Å². The van der Waals surface area contributed by atoms with Gasteiger partial charge in [0.2, 0.25) is 0 Å². The molecule has 0 fully saturated rings. The third kappa shape index (κ3) is 2.61. The Kier molecular flexibility index (Phi) is 3.70. The molecule has 2 aromatic rings. The molecular weight excluding hydrogens is 260 g/mol. The summed E-state index contributed by atoms with van der Waals surface area (Å²) < 4.78 is 0. The van der Waals surface area contributed by atoms with E-state index in [-0.39, 0.29) is 23.3 Å². The van der Waals surface area contributed by atoms with E-state index in [1.165, 1.54) is 18.2 Å². The molecule has 20 heavy (non-hydrogen) atoms. The summed E-state index contributed by atoms with van der Waals surface area (Å²) in [5.74, 6) is -2.65. The average Bonchev–Trinajstić information content (AvgIpc) is 2.38. The average molecular weight is 272 g/mol. The zero-order valence-corrected chi connectivity index (χ0v) is 10.4. The fourth-order valence-corrected chi connectivity index (χ4v) is 2.07. The van der Waals surface area contributed by atoms with Gasteiger partial charge in [-0.05, 0) is 29.7 Å². The molecule has 0 saturated heterocycles. The van der Waals surface area contributed by atoms with Crippen LogP contribution in [0.3, 0.4) is 0 Å². The molecule has 102 valence electrons. The summed E-state index contributed by atoms with van der Waals surface area (Å²) >= 11 is 0. The van der Waals surface area contributed by atoms with Gasteiger partial charge in [-0.2, -0.15) is 0 Å². The SMILES string of the molecule is O=C(O)c1ccccc1Cc1cccc(O)c1C(=O)O. The molecule has 0 aliphatic carbocycles. The van der Waals surface area contributed by atoms with Gasteiger partial charge in [0.05, 0.1) is 5.56 Å². The highest BCUT2D eigenvalue weighted by Gasteiger charge is 2.17. The number of carboxylic acids is 2. The molecule has 0 aliphatic heterocycles. The van der Waals surface area contributed by atoms with Gasteiger partial charge >= 0.3 is 11.9 Å². The number of rotatable bonds is 4. The van der Waals surface area contributed by atoms with Crippen LogP contribution >= 0.6 is 0 Å². The molecule has 0 bridgehead atoms. The molecule has 0 unspecified atom stereocenters. The Bertz CT molecular complexity index is 676. The van der Waals surface area contributed by atoms with Crippen LogP contribution in [0.2, 0.25) is 0 Å². The van der Waals surface area contributed by atoms with Crippen LogP contribution in [0.4, 0.5) is 0 Å². The predicted molar refractivity (Wildman–Crippen MR) is 71.3 cm³/mol. The highest BCUT2D eigenvalue weighted by atomic mass is 16.4. The van der Waals surface area contributed by atoms with Crippen LogP contribution in [0.15, 0.2) is 42.5 Å². The largest absolute Gasteiger partial charge is 0.507 e. The summed E-state index contributed by atoms with van der Waals surface area (Å²) in [6.45, 7) is 0. The lowest BCUT2D eigenvalue weighted by molar-refractivity contribution is 0.0684. The molecule has 0 aliphatic rings. The number of hydrogen-bond donors (Lipinski definition) is 3. The molecule has 5 heteroatoms. The van der Waals surface area contributed by atoms with Crippen molar-refractivity contribution in [3.63, 3.8) is 0 Å². The third-order valence-electron chi connectivity index (χ3n) is 2.97. The first-order chi connectivity index (χ1) is 9.50. The standard InChI is InChI=1S/C15H12O5/c16-12-7-3-5-10(13(12)15(19)20)8-9-4-1-2-6-11(9)14(17)18/h1-7,16H,8H2,(H,17,18)(H,19,20). The Morgan fingerprint density at radius 3 is 2.15 bits per heavy atom. The molecule has 2 aromatic carbocycles. The monoisotopic (exact) mass is 272 g/mol. The fourth-order valence-electron chi connectivity index (χ4n) is 2.07. The van der Waals surface area contributed by atoms with Crippen LogP contribution in [0.1, 0.15) is 31.8 Å². The van der Waals surface area contributed by atoms with Crippen molar-refractivity contribution in [3.05, 3.63) is 64.7 Å². The minimum atomic E-state index is -1.24. The van der Waals surface area contributed by atoms with E-state index < -0.39 is 11.9 Å². The van der Waals surface area contributed by atoms with Gasteiger partial charge in [0.25, 0.3) is 0 Å². The molecule has 0 radical (unpaired) electrons. The first-order valence-corrected chi connectivity index (χ1v) is 5.86. The van der Waals surface area contributed by atoms with E-state index >= 15 is 0 Å². The molecule has 0 amide bonds. The fraction of sp³-hybridized carbons (Fsp3) is 0.0667. The summed E-state index contributed by atoms with van der Waals surface area (Å²) in [7, 11) is 0. The van der Waals surface area contributed by atoms with Crippen molar-refractivity contribution >= 4 is 11.9 Å². The topological polar surface area (TPSA) is 94.8 Å². The molecule has 0 atom stereocenters. The quantitative estimate of drug-likeness (QED) is 0.794. The van der Waals surface area contributed by atoms with Gasteiger partial charge in [-0.1, -0.05) is 30.3 Å². The van der Waals surface area contributed by atoms with Crippen LogP contribution in [0.5, 0.6) is 5.75 Å². The van der Waals surface area contributed by atoms with Crippen molar-refractivity contribution in [2.75, 3.05) is 0 Å². The summed E-state index contributed by atoms with van der Waals surface area (Å²) in [5.41, 5.74) is 0.777. The van der Waals surface area contributed by atoms with E-state index in [0.717, 1.165) is 0 Å². The molecule has 2 rings (SSSR count). The van der Waals surface area contributed by atoms with Gasteiger partial charge < -0.3 is 15.3 Å². The highest BCUT2D eigenvalue weighted by molar-refractivity contribution is 5.93. The van der Waals surface area contributed by atoms with Crippen molar-refractivity contribution in [3.8, 4) is 5.75 Å². The molecule has 0 heterocycles. The van der Waals surface area contributed by atoms with E-state index in [1.54, 1.807) is 24.3 Å². The number of phenols is 1. The summed E-state index contributed by atoms with van der Waals surface area (Å²) in [5, 5.41) is 27.9. The van der Waals surface area contributed by atoms with Crippen molar-refractivity contribution in [2.45, 2.75) is 6.42 Å². The van der Waals surface area contributed by atoms with Gasteiger partial charge in [-0.3, -0.25) is 0 Å². The minimum absolute atomic E-state index is 0.118. The van der Waals surface area contributed by atoms with E-state index in [9.17, 15) is 14.7 Å². The Morgan fingerprint density at radius 2 is 1.50 bits per heavy atom. The normalized spacial score (nSPS) is 10.2. The second-order valence-corrected chi connectivity index (χ2v) is 4.26. The number of benzene rings is 2. The van der Waals surface area contributed by atoms with Gasteiger partial charge in [0.15, 0.2) is 0 Å². The number of aromatic hydroxyl groups is 1. The van der Waals surface area contributed by atoms with Gasteiger partial charge in [0, 0.05) is 0 Å². The first kappa shape index (κ1) is 13.6. The second kappa shape index (κ2) is 5.44. The van der Waals surface area contributed by atoms with Gasteiger partial charge in [-0.15, -0.1) is 0 Å². The Morgan fingerprint density at radius 1 is 0.850 bits per heavy atom. The van der Waals surface area contributed by atoms with Crippen molar-refractivity contribution in [1.29, 1.82) is 0 Å². The van der Waals surface area contributed by atoms with Crippen LogP contribution in [-0.4, -0.2) is 27.3 Å². The first-order valence-electron chi connectivity index (χ1n) is 5.86. The zero-order chi connectivity index (χ0) is 14.7. The van der Waals surface area contributed by atoms with Crippen LogP contribution in [0.25, 0.3) is 0 Å². The molecule has 5 nitrogen and oxygen atoms in total. The minimum Gasteiger partial charge on any atom is -0.507 e. The maximum Gasteiger partial charge on any atom is 0.339 e. The number of carboxylic acid groups (broad SMARTS) is 2. The van der Waals surface area contributed by atoms with Crippen molar-refractivity contribution in [2.24, 2.45) is 0 Å². The zero-order valence-electron chi connectivity index (χ0n) is 10.4. The third-order valence-corrected chi connectivity index (χ3v) is 2.97. The van der Waals surface area contributed by atoms with Crippen LogP contribution in [0, 0.1) is 0 Å². The lowest BCUT2D eigenvalue weighted by Gasteiger charge is -2.10. The number of hydrogen-bond acceptors (Lipinski definition) is 3. The maximum atomic E-state index is 11.2. The van der Waals surface area contributed by atoms with E-state index in [4.69, 9.17) is 10.2 Å². The van der Waals surface area contributed by atoms with Crippen molar-refractivity contribution in [1.82, 2.24) is 0 Å². The summed E-state index contributed by atoms with van der Waals surface area (Å²) in [4.78, 5) is 22.3. The van der Waals surface area contributed by atoms with Gasteiger partial charge in [0.1, 0.15) is 11.3 Å². The maximum absolute atomic E-state index is 11.2. The van der Waals surface area contributed by atoms with E-state index in [2.05, 4.69) is 0 Å². The van der Waals surface area contributed by atoms with Crippen LogP contribution in [-0.2, 0) is 6.42 Å². The van der Waals surface area contributed by atoms with E-state index in [0.29, 0.717) is 11.1 Å².